The summed E-state index contributed by atoms with van der Waals surface area (Å²) in [5, 5.41) is 0.820. The number of hydrogen-bond donors (Lipinski definition) is 0. The number of hydrogen-bond acceptors (Lipinski definition) is 6. The molecule has 3 aromatic rings. The zero-order valence-electron chi connectivity index (χ0n) is 18.7. The first kappa shape index (κ1) is 22.3. The molecule has 9 heteroatoms. The summed E-state index contributed by atoms with van der Waals surface area (Å²) in [6.07, 6.45) is 3.03. The molecule has 2 aliphatic rings. The molecular formula is C25H26N4O4S. The van der Waals surface area contributed by atoms with Crippen LogP contribution >= 0.6 is 11.8 Å². The zero-order chi connectivity index (χ0) is 23.3. The van der Waals surface area contributed by atoms with Crippen LogP contribution in [0.1, 0.15) is 5.56 Å². The molecule has 2 aromatic carbocycles. The normalized spacial score (nSPS) is 17.5. The third kappa shape index (κ3) is 5.04. The van der Waals surface area contributed by atoms with Gasteiger partial charge < -0.3 is 23.8 Å². The van der Waals surface area contributed by atoms with Crippen molar-refractivity contribution in [3.8, 4) is 11.5 Å². The number of amides is 2. The summed E-state index contributed by atoms with van der Waals surface area (Å²) in [5.41, 5.74) is 1.19. The number of piperazine rings is 1. The molecule has 0 aliphatic carbocycles. The lowest BCUT2D eigenvalue weighted by Gasteiger charge is -2.37. The quantitative estimate of drug-likeness (QED) is 0.507. The van der Waals surface area contributed by atoms with Crippen LogP contribution in [0.15, 0.2) is 72.1 Å². The number of imidazole rings is 1. The molecule has 0 N–H and O–H groups in total. The molecule has 5 rings (SSSR count). The highest BCUT2D eigenvalue weighted by molar-refractivity contribution is 7.99. The summed E-state index contributed by atoms with van der Waals surface area (Å²) in [5.74, 6) is 1.51. The number of ether oxygens (including phenoxy) is 2. The fourth-order valence-electron chi connectivity index (χ4n) is 4.07. The molecule has 1 fully saturated rings. The van der Waals surface area contributed by atoms with Crippen LogP contribution in [0.2, 0.25) is 0 Å². The van der Waals surface area contributed by atoms with E-state index >= 15 is 0 Å². The Balaban J connectivity index is 1.10. The van der Waals surface area contributed by atoms with Crippen LogP contribution in [0.25, 0.3) is 0 Å². The first-order chi connectivity index (χ1) is 16.7. The number of nitrogens with zero attached hydrogens (tertiary/aromatic N) is 4. The lowest BCUT2D eigenvalue weighted by atomic mass is 10.2. The van der Waals surface area contributed by atoms with Crippen LogP contribution in [0.5, 0.6) is 11.5 Å². The van der Waals surface area contributed by atoms with Crippen molar-refractivity contribution in [1.82, 2.24) is 19.4 Å². The smallest absolute Gasteiger partial charge is 0.267 e. The van der Waals surface area contributed by atoms with Gasteiger partial charge in [0.25, 0.3) is 5.91 Å². The minimum absolute atomic E-state index is 0.0533. The van der Waals surface area contributed by atoms with Gasteiger partial charge in [0.1, 0.15) is 6.61 Å². The molecule has 0 spiro atoms. The standard InChI is InChI=1S/C25H26N4O4S/c30-23(18-34-25-26-10-11-29(25)16-19-6-2-1-3-7-19)27-12-14-28(15-13-27)24(31)22-17-32-20-8-4-5-9-21(20)33-22/h1-11,22H,12-18H2/t22-/m0/s1. The van der Waals surface area contributed by atoms with Crippen molar-refractivity contribution >= 4 is 23.6 Å². The highest BCUT2D eigenvalue weighted by atomic mass is 32.2. The topological polar surface area (TPSA) is 76.9 Å². The van der Waals surface area contributed by atoms with E-state index in [4.69, 9.17) is 9.47 Å². The Hall–Kier alpha value is -3.46. The van der Waals surface area contributed by atoms with Crippen molar-refractivity contribution in [2.24, 2.45) is 0 Å². The van der Waals surface area contributed by atoms with Crippen molar-refractivity contribution in [1.29, 1.82) is 0 Å². The molecular weight excluding hydrogens is 452 g/mol. The number of fused-ring (bicyclic) bond motifs is 1. The van der Waals surface area contributed by atoms with Gasteiger partial charge in [0, 0.05) is 45.1 Å². The molecule has 2 aliphatic heterocycles. The number of carbonyl (C=O) groups excluding carboxylic acids is 2. The minimum atomic E-state index is -0.656. The molecule has 3 heterocycles. The molecule has 0 bridgehead atoms. The fraction of sp³-hybridized carbons (Fsp3) is 0.320. The van der Waals surface area contributed by atoms with Gasteiger partial charge in [-0.05, 0) is 17.7 Å². The van der Waals surface area contributed by atoms with Gasteiger partial charge in [-0.3, -0.25) is 9.59 Å². The Morgan fingerprint density at radius 3 is 2.44 bits per heavy atom. The van der Waals surface area contributed by atoms with E-state index < -0.39 is 6.10 Å². The number of aromatic nitrogens is 2. The molecule has 176 valence electrons. The van der Waals surface area contributed by atoms with Crippen molar-refractivity contribution < 1.29 is 19.1 Å². The molecule has 1 atom stereocenters. The molecule has 2 amide bonds. The Morgan fingerprint density at radius 2 is 1.65 bits per heavy atom. The van der Waals surface area contributed by atoms with E-state index in [0.29, 0.717) is 43.4 Å². The number of carbonyl (C=O) groups is 2. The van der Waals surface area contributed by atoms with Crippen LogP contribution in [0.3, 0.4) is 0 Å². The summed E-state index contributed by atoms with van der Waals surface area (Å²) >= 11 is 1.44. The highest BCUT2D eigenvalue weighted by Gasteiger charge is 2.33. The first-order valence-corrected chi connectivity index (χ1v) is 12.3. The molecule has 0 radical (unpaired) electrons. The van der Waals surface area contributed by atoms with E-state index in [1.807, 2.05) is 52.1 Å². The average molecular weight is 479 g/mol. The predicted molar refractivity (Wildman–Crippen MR) is 128 cm³/mol. The van der Waals surface area contributed by atoms with Crippen LogP contribution in [0.4, 0.5) is 0 Å². The van der Waals surface area contributed by atoms with Gasteiger partial charge in [-0.1, -0.05) is 54.2 Å². The maximum Gasteiger partial charge on any atom is 0.267 e. The van der Waals surface area contributed by atoms with Crippen molar-refractivity contribution in [2.45, 2.75) is 17.8 Å². The summed E-state index contributed by atoms with van der Waals surface area (Å²) in [6.45, 7) is 2.90. The second kappa shape index (κ2) is 10.2. The monoisotopic (exact) mass is 478 g/mol. The highest BCUT2D eigenvalue weighted by Crippen LogP contribution is 2.31. The average Bonchev–Trinajstić information content (AvgIpc) is 3.34. The van der Waals surface area contributed by atoms with Gasteiger partial charge in [0.2, 0.25) is 12.0 Å². The lowest BCUT2D eigenvalue weighted by molar-refractivity contribution is -0.145. The lowest BCUT2D eigenvalue weighted by Crippen LogP contribution is -2.55. The molecule has 1 saturated heterocycles. The number of rotatable bonds is 6. The van der Waals surface area contributed by atoms with Crippen molar-refractivity contribution in [3.05, 3.63) is 72.6 Å². The number of thioether (sulfide) groups is 1. The fourth-order valence-corrected chi connectivity index (χ4v) is 4.94. The summed E-state index contributed by atoms with van der Waals surface area (Å²) in [4.78, 5) is 33.7. The number of benzene rings is 2. The zero-order valence-corrected chi connectivity index (χ0v) is 19.5. The van der Waals surface area contributed by atoms with Gasteiger partial charge in [0.15, 0.2) is 16.7 Å². The third-order valence-corrected chi connectivity index (χ3v) is 6.92. The van der Waals surface area contributed by atoms with Crippen LogP contribution in [-0.4, -0.2) is 75.8 Å². The predicted octanol–water partition coefficient (Wildman–Crippen LogP) is 2.53. The SMILES string of the molecule is O=C(CSc1nccn1Cc1ccccc1)N1CCN(C(=O)[C@@H]2COc3ccccc3O2)CC1. The Morgan fingerprint density at radius 1 is 0.941 bits per heavy atom. The van der Waals surface area contributed by atoms with E-state index in [1.165, 1.54) is 17.3 Å². The van der Waals surface area contributed by atoms with E-state index in [2.05, 4.69) is 17.1 Å². The Bertz CT molecular complexity index is 1140. The molecule has 0 saturated carbocycles. The molecule has 34 heavy (non-hydrogen) atoms. The maximum absolute atomic E-state index is 12.9. The van der Waals surface area contributed by atoms with Crippen LogP contribution in [0, 0.1) is 0 Å². The van der Waals surface area contributed by atoms with Gasteiger partial charge in [0.05, 0.1) is 5.75 Å². The second-order valence-electron chi connectivity index (χ2n) is 8.18. The van der Waals surface area contributed by atoms with E-state index in [-0.39, 0.29) is 18.4 Å². The molecule has 1 aromatic heterocycles. The van der Waals surface area contributed by atoms with Gasteiger partial charge in [-0.2, -0.15) is 0 Å². The van der Waals surface area contributed by atoms with Crippen molar-refractivity contribution in [2.75, 3.05) is 38.5 Å². The molecule has 8 nitrogen and oxygen atoms in total. The van der Waals surface area contributed by atoms with Crippen LogP contribution in [-0.2, 0) is 16.1 Å². The second-order valence-corrected chi connectivity index (χ2v) is 9.12. The van der Waals surface area contributed by atoms with Crippen molar-refractivity contribution in [3.63, 3.8) is 0 Å². The summed E-state index contributed by atoms with van der Waals surface area (Å²) in [7, 11) is 0. The Labute approximate surface area is 202 Å². The van der Waals surface area contributed by atoms with E-state index in [0.717, 1.165) is 11.7 Å². The van der Waals surface area contributed by atoms with E-state index in [1.54, 1.807) is 17.2 Å². The molecule has 0 unspecified atom stereocenters. The van der Waals surface area contributed by atoms with Gasteiger partial charge >= 0.3 is 0 Å². The minimum Gasteiger partial charge on any atom is -0.485 e. The van der Waals surface area contributed by atoms with E-state index in [9.17, 15) is 9.59 Å². The number of para-hydroxylation sites is 2. The maximum atomic E-state index is 12.9. The largest absolute Gasteiger partial charge is 0.485 e. The summed E-state index contributed by atoms with van der Waals surface area (Å²) in [6, 6.07) is 17.5. The van der Waals surface area contributed by atoms with Crippen LogP contribution < -0.4 is 9.47 Å². The van der Waals surface area contributed by atoms with Gasteiger partial charge in [-0.15, -0.1) is 0 Å². The Kier molecular flexibility index (Phi) is 6.71. The van der Waals surface area contributed by atoms with Gasteiger partial charge in [-0.25, -0.2) is 4.98 Å². The third-order valence-electron chi connectivity index (χ3n) is 5.93. The summed E-state index contributed by atoms with van der Waals surface area (Å²) < 4.78 is 13.6. The first-order valence-electron chi connectivity index (χ1n) is 11.3.